The van der Waals surface area contributed by atoms with E-state index in [-0.39, 0.29) is 11.7 Å². The topological polar surface area (TPSA) is 111 Å². The highest BCUT2D eigenvalue weighted by atomic mass is 16.3. The largest absolute Gasteiger partial charge is 0.508 e. The van der Waals surface area contributed by atoms with E-state index in [1.165, 1.54) is 12.1 Å². The van der Waals surface area contributed by atoms with Crippen LogP contribution in [0.15, 0.2) is 24.3 Å². The molecule has 6 N–H and O–H groups in total. The minimum absolute atomic E-state index is 0.0712. The van der Waals surface area contributed by atoms with Crippen molar-refractivity contribution in [2.75, 3.05) is 5.32 Å². The Balaban J connectivity index is 2.60. The molecule has 0 aliphatic carbocycles. The molecular weight excluding hydrogens is 184 g/mol. The fraction of sp³-hybridized carbons (Fsp3) is 0. The zero-order valence-corrected chi connectivity index (χ0v) is 7.24. The first-order valence-corrected chi connectivity index (χ1v) is 3.79. The van der Waals surface area contributed by atoms with E-state index in [0.29, 0.717) is 5.69 Å². The van der Waals surface area contributed by atoms with Crippen molar-refractivity contribution in [1.82, 2.24) is 5.32 Å². The lowest BCUT2D eigenvalue weighted by Gasteiger charge is -2.07. The van der Waals surface area contributed by atoms with Gasteiger partial charge >= 0.3 is 6.03 Å². The number of hydrogen-bond donors (Lipinski definition) is 5. The Morgan fingerprint density at radius 1 is 1.50 bits per heavy atom. The second kappa shape index (κ2) is 4.13. The quantitative estimate of drug-likeness (QED) is 0.329. The van der Waals surface area contributed by atoms with Gasteiger partial charge in [-0.2, -0.15) is 0 Å². The standard InChI is InChI=1S/C8H10N4O2/c9-7(12-8(10)14)11-5-2-1-3-6(13)4-5/h1-4,13H,(H5,9,10,11,12,14). The summed E-state index contributed by atoms with van der Waals surface area (Å²) in [7, 11) is 0. The van der Waals surface area contributed by atoms with Gasteiger partial charge in [-0.1, -0.05) is 6.07 Å². The van der Waals surface area contributed by atoms with Crippen LogP contribution < -0.4 is 16.4 Å². The third-order valence-electron chi connectivity index (χ3n) is 1.36. The van der Waals surface area contributed by atoms with Gasteiger partial charge in [0, 0.05) is 11.8 Å². The number of anilines is 1. The van der Waals surface area contributed by atoms with E-state index in [1.54, 1.807) is 12.1 Å². The smallest absolute Gasteiger partial charge is 0.318 e. The number of rotatable bonds is 1. The van der Waals surface area contributed by atoms with E-state index >= 15 is 0 Å². The number of hydrogen-bond acceptors (Lipinski definition) is 3. The zero-order chi connectivity index (χ0) is 10.6. The summed E-state index contributed by atoms with van der Waals surface area (Å²) in [5.41, 5.74) is 5.29. The lowest BCUT2D eigenvalue weighted by Crippen LogP contribution is -2.38. The molecule has 0 heterocycles. The molecule has 0 unspecified atom stereocenters. The van der Waals surface area contributed by atoms with Gasteiger partial charge in [-0.25, -0.2) is 4.79 Å². The first-order valence-electron chi connectivity index (χ1n) is 3.79. The van der Waals surface area contributed by atoms with E-state index in [0.717, 1.165) is 0 Å². The Morgan fingerprint density at radius 3 is 2.79 bits per heavy atom. The SMILES string of the molecule is N=C(NC(N)=O)Nc1cccc(O)c1. The number of aromatic hydroxyl groups is 1. The lowest BCUT2D eigenvalue weighted by molar-refractivity contribution is 0.253. The van der Waals surface area contributed by atoms with Gasteiger partial charge in [-0.3, -0.25) is 10.7 Å². The van der Waals surface area contributed by atoms with Crippen LogP contribution in [0.2, 0.25) is 0 Å². The fourth-order valence-electron chi connectivity index (χ4n) is 0.882. The Bertz CT molecular complexity index is 364. The molecule has 74 valence electrons. The van der Waals surface area contributed by atoms with Crippen LogP contribution in [0, 0.1) is 5.41 Å². The molecule has 0 aromatic heterocycles. The van der Waals surface area contributed by atoms with Crippen molar-refractivity contribution in [2.45, 2.75) is 0 Å². The molecule has 0 atom stereocenters. The number of urea groups is 1. The molecule has 0 spiro atoms. The van der Waals surface area contributed by atoms with Crippen molar-refractivity contribution in [2.24, 2.45) is 5.73 Å². The number of amides is 2. The van der Waals surface area contributed by atoms with Crippen LogP contribution >= 0.6 is 0 Å². The summed E-state index contributed by atoms with van der Waals surface area (Å²) in [4.78, 5) is 10.3. The molecule has 0 saturated carbocycles. The van der Waals surface area contributed by atoms with Gasteiger partial charge in [0.15, 0.2) is 0 Å². The Kier molecular flexibility index (Phi) is 2.90. The lowest BCUT2D eigenvalue weighted by atomic mass is 10.3. The highest BCUT2D eigenvalue weighted by molar-refractivity contribution is 6.01. The van der Waals surface area contributed by atoms with Crippen molar-refractivity contribution in [1.29, 1.82) is 5.41 Å². The van der Waals surface area contributed by atoms with Crippen LogP contribution in [-0.4, -0.2) is 17.1 Å². The highest BCUT2D eigenvalue weighted by Gasteiger charge is 2.00. The Hall–Kier alpha value is -2.24. The molecule has 0 bridgehead atoms. The molecule has 6 nitrogen and oxygen atoms in total. The molecule has 1 aromatic rings. The van der Waals surface area contributed by atoms with Gasteiger partial charge in [0.2, 0.25) is 5.96 Å². The van der Waals surface area contributed by atoms with E-state index in [4.69, 9.17) is 16.2 Å². The molecule has 6 heteroatoms. The van der Waals surface area contributed by atoms with Crippen molar-refractivity contribution < 1.29 is 9.90 Å². The Labute approximate surface area is 80.2 Å². The zero-order valence-electron chi connectivity index (χ0n) is 7.24. The molecule has 1 rings (SSSR count). The van der Waals surface area contributed by atoms with Gasteiger partial charge in [0.25, 0.3) is 0 Å². The van der Waals surface area contributed by atoms with Crippen LogP contribution in [0.5, 0.6) is 5.75 Å². The number of carbonyl (C=O) groups excluding carboxylic acids is 1. The van der Waals surface area contributed by atoms with Crippen LogP contribution in [0.1, 0.15) is 0 Å². The monoisotopic (exact) mass is 194 g/mol. The third-order valence-corrected chi connectivity index (χ3v) is 1.36. The number of phenolic OH excluding ortho intramolecular Hbond substituents is 1. The van der Waals surface area contributed by atoms with Gasteiger partial charge in [-0.05, 0) is 12.1 Å². The summed E-state index contributed by atoms with van der Waals surface area (Å²) in [6.07, 6.45) is 0. The molecule has 0 radical (unpaired) electrons. The van der Waals surface area contributed by atoms with E-state index in [1.807, 2.05) is 5.32 Å². The summed E-state index contributed by atoms with van der Waals surface area (Å²) in [6, 6.07) is 5.34. The van der Waals surface area contributed by atoms with E-state index in [2.05, 4.69) is 5.32 Å². The number of carbonyl (C=O) groups is 1. The average molecular weight is 194 g/mol. The number of benzene rings is 1. The molecule has 2 amide bonds. The molecular formula is C8H10N4O2. The molecule has 0 aliphatic heterocycles. The molecule has 0 fully saturated rings. The average Bonchev–Trinajstić information content (AvgIpc) is 2.01. The number of primary amides is 1. The Morgan fingerprint density at radius 2 is 2.21 bits per heavy atom. The summed E-state index contributed by atoms with van der Waals surface area (Å²) in [6.45, 7) is 0. The predicted octanol–water partition coefficient (Wildman–Crippen LogP) is 0.407. The summed E-state index contributed by atoms with van der Waals surface area (Å²) in [5.74, 6) is -0.176. The number of nitrogens with two attached hydrogens (primary N) is 1. The second-order valence-electron chi connectivity index (χ2n) is 2.54. The number of guanidine groups is 1. The molecule has 0 saturated heterocycles. The van der Waals surface area contributed by atoms with E-state index < -0.39 is 6.03 Å². The van der Waals surface area contributed by atoms with Crippen molar-refractivity contribution in [3.63, 3.8) is 0 Å². The summed E-state index contributed by atoms with van der Waals surface area (Å²) >= 11 is 0. The van der Waals surface area contributed by atoms with E-state index in [9.17, 15) is 4.79 Å². The van der Waals surface area contributed by atoms with Crippen molar-refractivity contribution in [3.8, 4) is 5.75 Å². The van der Waals surface area contributed by atoms with Crippen LogP contribution in [0.3, 0.4) is 0 Å². The number of nitrogens with one attached hydrogen (secondary N) is 3. The maximum atomic E-state index is 10.3. The summed E-state index contributed by atoms with van der Waals surface area (Å²) < 4.78 is 0. The van der Waals surface area contributed by atoms with Gasteiger partial charge in [-0.15, -0.1) is 0 Å². The first kappa shape index (κ1) is 9.85. The number of phenols is 1. The minimum atomic E-state index is -0.817. The normalized spacial score (nSPS) is 9.14. The maximum absolute atomic E-state index is 10.3. The predicted molar refractivity (Wildman–Crippen MR) is 52.2 cm³/mol. The molecule has 0 aliphatic rings. The van der Waals surface area contributed by atoms with Gasteiger partial charge < -0.3 is 16.2 Å². The van der Waals surface area contributed by atoms with Crippen molar-refractivity contribution in [3.05, 3.63) is 24.3 Å². The molecule has 14 heavy (non-hydrogen) atoms. The van der Waals surface area contributed by atoms with Crippen LogP contribution in [0.4, 0.5) is 10.5 Å². The summed E-state index contributed by atoms with van der Waals surface area (Å²) in [5, 5.41) is 20.9. The third kappa shape index (κ3) is 3.02. The minimum Gasteiger partial charge on any atom is -0.508 e. The fourth-order valence-corrected chi connectivity index (χ4v) is 0.882. The van der Waals surface area contributed by atoms with Gasteiger partial charge in [0.05, 0.1) is 0 Å². The first-order chi connectivity index (χ1) is 6.58. The highest BCUT2D eigenvalue weighted by Crippen LogP contribution is 2.14. The van der Waals surface area contributed by atoms with Gasteiger partial charge in [0.1, 0.15) is 5.75 Å². The van der Waals surface area contributed by atoms with Crippen LogP contribution in [0.25, 0.3) is 0 Å². The van der Waals surface area contributed by atoms with Crippen molar-refractivity contribution >= 4 is 17.7 Å². The second-order valence-corrected chi connectivity index (χ2v) is 2.54. The molecule has 1 aromatic carbocycles. The maximum Gasteiger partial charge on any atom is 0.318 e. The van der Waals surface area contributed by atoms with Crippen LogP contribution in [-0.2, 0) is 0 Å².